The Kier molecular flexibility index (Phi) is 8.36. The van der Waals surface area contributed by atoms with Gasteiger partial charge in [-0.1, -0.05) is 12.1 Å². The van der Waals surface area contributed by atoms with E-state index in [1.807, 2.05) is 0 Å². The number of anilines is 2. The molecule has 7 nitrogen and oxygen atoms in total. The van der Waals surface area contributed by atoms with Crippen LogP contribution in [0.4, 0.5) is 33.7 Å². The van der Waals surface area contributed by atoms with Gasteiger partial charge >= 0.3 is 12.2 Å². The zero-order chi connectivity index (χ0) is 25.6. The minimum Gasteiger partial charge on any atom is -0.493 e. The fourth-order valence-corrected chi connectivity index (χ4v) is 3.32. The van der Waals surface area contributed by atoms with Gasteiger partial charge < -0.3 is 30.5 Å². The van der Waals surface area contributed by atoms with Gasteiger partial charge in [0.25, 0.3) is 0 Å². The van der Waals surface area contributed by atoms with Crippen molar-refractivity contribution in [3.63, 3.8) is 0 Å². The van der Waals surface area contributed by atoms with Crippen molar-refractivity contribution in [1.29, 1.82) is 0 Å². The molecule has 35 heavy (non-hydrogen) atoms. The zero-order valence-corrected chi connectivity index (χ0v) is 19.0. The summed E-state index contributed by atoms with van der Waals surface area (Å²) in [5.74, 6) is -0.489. The van der Waals surface area contributed by atoms with Gasteiger partial charge in [-0.25, -0.2) is 9.18 Å². The Morgan fingerprint density at radius 3 is 2.54 bits per heavy atom. The lowest BCUT2D eigenvalue weighted by molar-refractivity contribution is -0.138. The van der Waals surface area contributed by atoms with E-state index < -0.39 is 29.8 Å². The van der Waals surface area contributed by atoms with E-state index in [-0.39, 0.29) is 35.9 Å². The molecule has 1 unspecified atom stereocenters. The summed E-state index contributed by atoms with van der Waals surface area (Å²) >= 11 is 0. The number of carbonyl (C=O) groups excluding carboxylic acids is 1. The van der Waals surface area contributed by atoms with Crippen molar-refractivity contribution in [3.8, 4) is 0 Å². The minimum atomic E-state index is -4.64. The smallest absolute Gasteiger partial charge is 0.416 e. The molecule has 2 aromatic rings. The van der Waals surface area contributed by atoms with E-state index in [0.717, 1.165) is 6.07 Å². The first-order chi connectivity index (χ1) is 16.6. The number of hydrogen-bond donors (Lipinski definition) is 4. The second kappa shape index (κ2) is 11.2. The number of halogens is 4. The number of rotatable bonds is 8. The minimum absolute atomic E-state index is 0.0625. The standard InChI is InChI=1S/C24H25F4N3O4/c1-3-34-13-15-5-7-17(11-18(15)24(26,27)28)30-23(33)31-20-8-6-14(9-19(20)25)16-10-21(35-4-2)22(32)29-12-16/h5-12,22,29,32H,3-4,13H2,1-2H3,(H2,30,31,33). The molecule has 0 aromatic heterocycles. The van der Waals surface area contributed by atoms with Crippen LogP contribution >= 0.6 is 0 Å². The Labute approximate surface area is 199 Å². The quantitative estimate of drug-likeness (QED) is 0.378. The largest absolute Gasteiger partial charge is 0.493 e. The van der Waals surface area contributed by atoms with Crippen LogP contribution in [0.5, 0.6) is 0 Å². The predicted molar refractivity (Wildman–Crippen MR) is 123 cm³/mol. The summed E-state index contributed by atoms with van der Waals surface area (Å²) in [6, 6.07) is 6.43. The van der Waals surface area contributed by atoms with Crippen molar-refractivity contribution < 1.29 is 36.9 Å². The maximum Gasteiger partial charge on any atom is 0.416 e. The lowest BCUT2D eigenvalue weighted by Crippen LogP contribution is -2.30. The van der Waals surface area contributed by atoms with Gasteiger partial charge in [0.1, 0.15) is 11.6 Å². The van der Waals surface area contributed by atoms with Crippen LogP contribution in [0.25, 0.3) is 5.57 Å². The van der Waals surface area contributed by atoms with Crippen LogP contribution in [0, 0.1) is 5.82 Å². The zero-order valence-electron chi connectivity index (χ0n) is 19.0. The molecule has 188 valence electrons. The van der Waals surface area contributed by atoms with Crippen LogP contribution in [0.15, 0.2) is 54.4 Å². The molecular formula is C24H25F4N3O4. The molecule has 3 rings (SSSR count). The third kappa shape index (κ3) is 6.74. The number of amides is 2. The fourth-order valence-electron chi connectivity index (χ4n) is 3.32. The van der Waals surface area contributed by atoms with Gasteiger partial charge in [-0.3, -0.25) is 0 Å². The van der Waals surface area contributed by atoms with E-state index in [1.165, 1.54) is 36.5 Å². The van der Waals surface area contributed by atoms with Crippen LogP contribution < -0.4 is 16.0 Å². The molecule has 2 aromatic carbocycles. The first kappa shape index (κ1) is 26.0. The van der Waals surface area contributed by atoms with E-state index in [9.17, 15) is 27.5 Å². The Hall–Kier alpha value is -3.57. The number of aliphatic hydroxyl groups excluding tert-OH is 1. The van der Waals surface area contributed by atoms with Crippen molar-refractivity contribution in [2.45, 2.75) is 32.9 Å². The fraction of sp³-hybridized carbons (Fsp3) is 0.292. The molecule has 0 spiro atoms. The molecule has 0 bridgehead atoms. The molecule has 1 atom stereocenters. The Balaban J connectivity index is 1.72. The molecule has 0 radical (unpaired) electrons. The molecule has 2 amide bonds. The van der Waals surface area contributed by atoms with E-state index >= 15 is 0 Å². The average molecular weight is 495 g/mol. The molecule has 0 saturated heterocycles. The number of dihydropyridines is 1. The molecule has 1 aliphatic rings. The lowest BCUT2D eigenvalue weighted by Gasteiger charge is -2.21. The molecule has 0 fully saturated rings. The summed E-state index contributed by atoms with van der Waals surface area (Å²) in [7, 11) is 0. The highest BCUT2D eigenvalue weighted by Gasteiger charge is 2.33. The van der Waals surface area contributed by atoms with Gasteiger partial charge in [-0.2, -0.15) is 13.2 Å². The van der Waals surface area contributed by atoms with Crippen molar-refractivity contribution in [3.05, 3.63) is 76.9 Å². The normalized spacial score (nSPS) is 15.6. The molecular weight excluding hydrogens is 470 g/mol. The first-order valence-electron chi connectivity index (χ1n) is 10.8. The van der Waals surface area contributed by atoms with Crippen LogP contribution in [-0.2, 0) is 22.3 Å². The molecule has 4 N–H and O–H groups in total. The second-order valence-electron chi connectivity index (χ2n) is 7.43. The van der Waals surface area contributed by atoms with Gasteiger partial charge in [0.05, 0.1) is 24.5 Å². The highest BCUT2D eigenvalue weighted by atomic mass is 19.4. The van der Waals surface area contributed by atoms with Crippen LogP contribution in [-0.4, -0.2) is 30.6 Å². The number of urea groups is 1. The SMILES string of the molecule is CCOCc1ccc(NC(=O)Nc2ccc(C3=CNC(O)C(OCC)=C3)cc2F)cc1C(F)(F)F. The summed E-state index contributed by atoms with van der Waals surface area (Å²) < 4.78 is 65.3. The Morgan fingerprint density at radius 1 is 1.11 bits per heavy atom. The topological polar surface area (TPSA) is 91.9 Å². The highest BCUT2D eigenvalue weighted by Crippen LogP contribution is 2.34. The van der Waals surface area contributed by atoms with Crippen molar-refractivity contribution in [2.75, 3.05) is 23.8 Å². The van der Waals surface area contributed by atoms with Gasteiger partial charge in [0, 0.05) is 24.1 Å². The second-order valence-corrected chi connectivity index (χ2v) is 7.43. The van der Waals surface area contributed by atoms with Gasteiger partial charge in [-0.05, 0) is 55.3 Å². The van der Waals surface area contributed by atoms with E-state index in [2.05, 4.69) is 16.0 Å². The molecule has 0 aliphatic carbocycles. The number of nitrogens with one attached hydrogen (secondary N) is 3. The highest BCUT2D eigenvalue weighted by molar-refractivity contribution is 6.00. The molecule has 1 heterocycles. The van der Waals surface area contributed by atoms with Crippen LogP contribution in [0.3, 0.4) is 0 Å². The van der Waals surface area contributed by atoms with Gasteiger partial charge in [0.2, 0.25) is 0 Å². The van der Waals surface area contributed by atoms with Crippen LogP contribution in [0.2, 0.25) is 0 Å². The van der Waals surface area contributed by atoms with Crippen molar-refractivity contribution in [1.82, 2.24) is 5.32 Å². The lowest BCUT2D eigenvalue weighted by atomic mass is 10.0. The number of hydrogen-bond acceptors (Lipinski definition) is 5. The summed E-state index contributed by atoms with van der Waals surface area (Å²) in [5.41, 5.74) is -0.289. The number of carbonyl (C=O) groups is 1. The monoisotopic (exact) mass is 495 g/mol. The van der Waals surface area contributed by atoms with E-state index in [0.29, 0.717) is 17.7 Å². The number of benzene rings is 2. The van der Waals surface area contributed by atoms with Crippen molar-refractivity contribution >= 4 is 23.0 Å². The number of ether oxygens (including phenoxy) is 2. The summed E-state index contributed by atoms with van der Waals surface area (Å²) in [5, 5.41) is 17.1. The van der Waals surface area contributed by atoms with E-state index in [4.69, 9.17) is 9.47 Å². The van der Waals surface area contributed by atoms with Gasteiger partial charge in [-0.15, -0.1) is 0 Å². The molecule has 11 heteroatoms. The van der Waals surface area contributed by atoms with Gasteiger partial charge in [0.15, 0.2) is 6.23 Å². The Bertz CT molecular complexity index is 1130. The number of allylic oxidation sites excluding steroid dienone is 2. The summed E-state index contributed by atoms with van der Waals surface area (Å²) in [6.07, 6.45) is -2.60. The Morgan fingerprint density at radius 2 is 1.89 bits per heavy atom. The third-order valence-corrected chi connectivity index (χ3v) is 4.96. The molecule has 0 saturated carbocycles. The predicted octanol–water partition coefficient (Wildman–Crippen LogP) is 5.21. The maximum atomic E-state index is 14.7. The van der Waals surface area contributed by atoms with E-state index in [1.54, 1.807) is 19.9 Å². The summed E-state index contributed by atoms with van der Waals surface area (Å²) in [4.78, 5) is 12.3. The van der Waals surface area contributed by atoms with Crippen LogP contribution in [0.1, 0.15) is 30.5 Å². The number of alkyl halides is 3. The van der Waals surface area contributed by atoms with Crippen molar-refractivity contribution in [2.24, 2.45) is 0 Å². The molecule has 1 aliphatic heterocycles. The summed E-state index contributed by atoms with van der Waals surface area (Å²) in [6.45, 7) is 3.80. The number of aliphatic hydroxyl groups is 1. The average Bonchev–Trinajstić information content (AvgIpc) is 2.80. The first-order valence-corrected chi connectivity index (χ1v) is 10.8. The maximum absolute atomic E-state index is 14.7. The third-order valence-electron chi connectivity index (χ3n) is 4.96.